The summed E-state index contributed by atoms with van der Waals surface area (Å²) < 4.78 is 1.79. The van der Waals surface area contributed by atoms with Crippen molar-refractivity contribution >= 4 is 27.9 Å². The summed E-state index contributed by atoms with van der Waals surface area (Å²) in [5.41, 5.74) is 5.12. The van der Waals surface area contributed by atoms with Gasteiger partial charge in [0.25, 0.3) is 5.82 Å². The second-order valence-corrected chi connectivity index (χ2v) is 6.33. The minimum absolute atomic E-state index is 0.363. The Bertz CT molecular complexity index is 1350. The molecule has 0 fully saturated rings. The SMILES string of the molecule is [C-]#[N+]c1ccc(-c2ccc3nnn(Cc4ccc5ncccc5c4)c3n2)cn1. The summed E-state index contributed by atoms with van der Waals surface area (Å²) in [6, 6.07) is 17.4. The Morgan fingerprint density at radius 1 is 0.964 bits per heavy atom. The fourth-order valence-corrected chi connectivity index (χ4v) is 3.12. The van der Waals surface area contributed by atoms with Crippen LogP contribution in [-0.4, -0.2) is 29.9 Å². The molecule has 0 bridgehead atoms. The summed E-state index contributed by atoms with van der Waals surface area (Å²) in [5.74, 6) is 0.363. The van der Waals surface area contributed by atoms with Gasteiger partial charge in [-0.1, -0.05) is 30.0 Å². The van der Waals surface area contributed by atoms with Gasteiger partial charge < -0.3 is 4.85 Å². The molecule has 0 unspecified atom stereocenters. The van der Waals surface area contributed by atoms with Crippen molar-refractivity contribution in [3.8, 4) is 11.3 Å². The molecule has 0 amide bonds. The van der Waals surface area contributed by atoms with E-state index in [0.29, 0.717) is 18.0 Å². The van der Waals surface area contributed by atoms with Gasteiger partial charge in [-0.25, -0.2) is 9.67 Å². The molecule has 4 aromatic heterocycles. The summed E-state index contributed by atoms with van der Waals surface area (Å²) in [7, 11) is 0. The van der Waals surface area contributed by atoms with Crippen LogP contribution in [0.2, 0.25) is 0 Å². The maximum absolute atomic E-state index is 7.01. The van der Waals surface area contributed by atoms with Gasteiger partial charge in [0.05, 0.1) is 17.8 Å². The standard InChI is InChI=1S/C21H13N7/c1-22-20-9-5-16(12-24-20)18-7-8-19-21(25-18)28(27-26-19)13-14-4-6-17-15(11-14)3-2-10-23-17/h2-12H,13H2. The fourth-order valence-electron chi connectivity index (χ4n) is 3.12. The summed E-state index contributed by atoms with van der Waals surface area (Å²) in [5, 5.41) is 9.58. The Morgan fingerprint density at radius 3 is 2.75 bits per heavy atom. The highest BCUT2D eigenvalue weighted by Crippen LogP contribution is 2.22. The maximum atomic E-state index is 7.01. The lowest BCUT2D eigenvalue weighted by Gasteiger charge is -2.05. The van der Waals surface area contributed by atoms with Crippen LogP contribution in [0.15, 0.2) is 67.0 Å². The lowest BCUT2D eigenvalue weighted by molar-refractivity contribution is 0.665. The fraction of sp³-hybridized carbons (Fsp3) is 0.0476. The molecule has 0 spiro atoms. The van der Waals surface area contributed by atoms with Gasteiger partial charge in [-0.05, 0) is 42.0 Å². The van der Waals surface area contributed by atoms with E-state index < -0.39 is 0 Å². The van der Waals surface area contributed by atoms with E-state index in [1.165, 1.54) is 0 Å². The van der Waals surface area contributed by atoms with Crippen LogP contribution in [0.5, 0.6) is 0 Å². The van der Waals surface area contributed by atoms with Gasteiger partial charge in [0.15, 0.2) is 5.65 Å². The average Bonchev–Trinajstić information content (AvgIpc) is 3.16. The van der Waals surface area contributed by atoms with E-state index in [0.717, 1.165) is 33.2 Å². The second kappa shape index (κ2) is 6.52. The molecule has 0 saturated heterocycles. The van der Waals surface area contributed by atoms with Gasteiger partial charge in [0.2, 0.25) is 0 Å². The summed E-state index contributed by atoms with van der Waals surface area (Å²) in [6.45, 7) is 7.58. The van der Waals surface area contributed by atoms with Crippen LogP contribution in [0.1, 0.15) is 5.56 Å². The van der Waals surface area contributed by atoms with Crippen LogP contribution in [0.3, 0.4) is 0 Å². The molecule has 28 heavy (non-hydrogen) atoms. The number of rotatable bonds is 3. The third-order valence-corrected chi connectivity index (χ3v) is 4.52. The van der Waals surface area contributed by atoms with Crippen LogP contribution in [-0.2, 0) is 6.54 Å². The van der Waals surface area contributed by atoms with Crippen molar-refractivity contribution in [1.82, 2.24) is 29.9 Å². The predicted octanol–water partition coefficient (Wildman–Crippen LogP) is 4.04. The lowest BCUT2D eigenvalue weighted by Crippen LogP contribution is -2.03. The van der Waals surface area contributed by atoms with Crippen LogP contribution in [0, 0.1) is 6.57 Å². The van der Waals surface area contributed by atoms with Crippen molar-refractivity contribution in [3.05, 3.63) is 84.0 Å². The third-order valence-electron chi connectivity index (χ3n) is 4.52. The quantitative estimate of drug-likeness (QED) is 0.452. The molecule has 0 N–H and O–H groups in total. The maximum Gasteiger partial charge on any atom is 0.269 e. The van der Waals surface area contributed by atoms with Gasteiger partial charge in [0.1, 0.15) is 11.7 Å². The number of aromatic nitrogens is 6. The molecule has 5 rings (SSSR count). The molecule has 0 aliphatic carbocycles. The molecule has 0 aliphatic heterocycles. The van der Waals surface area contributed by atoms with E-state index in [9.17, 15) is 0 Å². The summed E-state index contributed by atoms with van der Waals surface area (Å²) in [4.78, 5) is 16.5. The molecule has 132 valence electrons. The molecule has 0 aliphatic rings. The number of hydrogen-bond donors (Lipinski definition) is 0. The topological polar surface area (TPSA) is 73.7 Å². The van der Waals surface area contributed by atoms with Gasteiger partial charge in [0, 0.05) is 17.1 Å². The van der Waals surface area contributed by atoms with Gasteiger partial charge >= 0.3 is 0 Å². The van der Waals surface area contributed by atoms with Crippen LogP contribution in [0.25, 0.3) is 38.2 Å². The Kier molecular flexibility index (Phi) is 3.73. The van der Waals surface area contributed by atoms with Gasteiger partial charge in [-0.2, -0.15) is 0 Å². The minimum Gasteiger partial charge on any atom is -0.361 e. The van der Waals surface area contributed by atoms with Crippen molar-refractivity contribution in [2.45, 2.75) is 6.54 Å². The summed E-state index contributed by atoms with van der Waals surface area (Å²) >= 11 is 0. The minimum atomic E-state index is 0.363. The van der Waals surface area contributed by atoms with Crippen LogP contribution >= 0.6 is 0 Å². The summed E-state index contributed by atoms with van der Waals surface area (Å²) in [6.07, 6.45) is 3.45. The number of benzene rings is 1. The zero-order chi connectivity index (χ0) is 18.9. The molecular weight excluding hydrogens is 350 g/mol. The Balaban J connectivity index is 1.52. The van der Waals surface area contributed by atoms with Gasteiger partial charge in [-0.15, -0.1) is 10.1 Å². The van der Waals surface area contributed by atoms with Crippen LogP contribution < -0.4 is 0 Å². The van der Waals surface area contributed by atoms with Crippen molar-refractivity contribution in [1.29, 1.82) is 0 Å². The Morgan fingerprint density at radius 2 is 1.89 bits per heavy atom. The Hall–Kier alpha value is -4.18. The molecule has 5 aromatic rings. The number of fused-ring (bicyclic) bond motifs is 2. The highest BCUT2D eigenvalue weighted by atomic mass is 15.4. The zero-order valence-electron chi connectivity index (χ0n) is 14.7. The lowest BCUT2D eigenvalue weighted by atomic mass is 10.1. The van der Waals surface area contributed by atoms with Crippen molar-refractivity contribution in [2.24, 2.45) is 0 Å². The first kappa shape index (κ1) is 16.0. The number of nitrogens with zero attached hydrogens (tertiary/aromatic N) is 7. The molecule has 0 atom stereocenters. The normalized spacial score (nSPS) is 11.0. The van der Waals surface area contributed by atoms with E-state index in [-0.39, 0.29) is 0 Å². The van der Waals surface area contributed by atoms with E-state index in [2.05, 4.69) is 31.2 Å². The van der Waals surface area contributed by atoms with E-state index in [4.69, 9.17) is 11.6 Å². The first-order chi connectivity index (χ1) is 13.8. The molecular formula is C21H13N7. The van der Waals surface area contributed by atoms with E-state index >= 15 is 0 Å². The third kappa shape index (κ3) is 2.83. The Labute approximate surface area is 160 Å². The monoisotopic (exact) mass is 363 g/mol. The number of pyridine rings is 3. The van der Waals surface area contributed by atoms with E-state index in [1.807, 2.05) is 42.5 Å². The first-order valence-corrected chi connectivity index (χ1v) is 8.68. The highest BCUT2D eigenvalue weighted by Gasteiger charge is 2.10. The molecule has 1 aromatic carbocycles. The van der Waals surface area contributed by atoms with Gasteiger partial charge in [-0.3, -0.25) is 4.98 Å². The first-order valence-electron chi connectivity index (χ1n) is 8.68. The molecule has 0 saturated carbocycles. The van der Waals surface area contributed by atoms with Crippen molar-refractivity contribution in [3.63, 3.8) is 0 Å². The smallest absolute Gasteiger partial charge is 0.269 e. The average molecular weight is 363 g/mol. The molecule has 4 heterocycles. The van der Waals surface area contributed by atoms with Crippen molar-refractivity contribution < 1.29 is 0 Å². The molecule has 0 radical (unpaired) electrons. The predicted molar refractivity (Wildman–Crippen MR) is 106 cm³/mol. The zero-order valence-corrected chi connectivity index (χ0v) is 14.7. The van der Waals surface area contributed by atoms with Crippen LogP contribution in [0.4, 0.5) is 5.82 Å². The highest BCUT2D eigenvalue weighted by molar-refractivity contribution is 5.79. The van der Waals surface area contributed by atoms with E-state index in [1.54, 1.807) is 23.1 Å². The second-order valence-electron chi connectivity index (χ2n) is 6.33. The largest absolute Gasteiger partial charge is 0.361 e. The molecule has 7 heteroatoms. The molecule has 7 nitrogen and oxygen atoms in total. The number of hydrogen-bond acceptors (Lipinski definition) is 5. The van der Waals surface area contributed by atoms with Crippen molar-refractivity contribution in [2.75, 3.05) is 0 Å².